The fourth-order valence-corrected chi connectivity index (χ4v) is 5.15. The lowest BCUT2D eigenvalue weighted by Gasteiger charge is -2.23. The van der Waals surface area contributed by atoms with Gasteiger partial charge < -0.3 is 0 Å². The molecule has 3 aromatic rings. The van der Waals surface area contributed by atoms with Crippen LogP contribution < -0.4 is 11.1 Å². The second-order valence-corrected chi connectivity index (χ2v) is 9.02. The maximum Gasteiger partial charge on any atom is 0.332 e. The standard InChI is InChI=1S/C20H22N6O2S/c1-14-22-16(12-29-14)11-26-18(28)17(27)25-8-5-20(19(25)23-26)4-7-24(13-20)10-15-3-2-6-21-9-15/h2-3,6,9,12H,4-5,7-8,10-11,13H2,1H3/t20-/m1/s1. The second-order valence-electron chi connectivity index (χ2n) is 7.95. The van der Waals surface area contributed by atoms with E-state index >= 15 is 0 Å². The third-order valence-electron chi connectivity index (χ3n) is 5.96. The van der Waals surface area contributed by atoms with Gasteiger partial charge in [0.15, 0.2) is 0 Å². The van der Waals surface area contributed by atoms with Crippen LogP contribution >= 0.6 is 11.3 Å². The van der Waals surface area contributed by atoms with Crippen LogP contribution in [0.15, 0.2) is 39.5 Å². The van der Waals surface area contributed by atoms with Gasteiger partial charge in [-0.25, -0.2) is 9.67 Å². The molecule has 9 heteroatoms. The predicted molar refractivity (Wildman–Crippen MR) is 109 cm³/mol. The lowest BCUT2D eigenvalue weighted by molar-refractivity contribution is 0.297. The monoisotopic (exact) mass is 410 g/mol. The minimum atomic E-state index is -0.568. The van der Waals surface area contributed by atoms with Crippen molar-refractivity contribution in [3.63, 3.8) is 0 Å². The molecule has 2 aliphatic heterocycles. The van der Waals surface area contributed by atoms with Crippen LogP contribution in [-0.2, 0) is 25.0 Å². The van der Waals surface area contributed by atoms with E-state index in [1.807, 2.05) is 24.6 Å². The third-order valence-corrected chi connectivity index (χ3v) is 6.78. The van der Waals surface area contributed by atoms with Crippen LogP contribution in [-0.4, -0.2) is 42.3 Å². The highest BCUT2D eigenvalue weighted by atomic mass is 32.1. The number of aryl methyl sites for hydroxylation is 1. The molecule has 0 saturated carbocycles. The molecule has 5 rings (SSSR count). The van der Waals surface area contributed by atoms with E-state index in [1.54, 1.807) is 10.8 Å². The summed E-state index contributed by atoms with van der Waals surface area (Å²) in [6.45, 7) is 5.33. The smallest absolute Gasteiger partial charge is 0.298 e. The normalized spacial score (nSPS) is 21.1. The molecule has 1 fully saturated rings. The molecule has 8 nitrogen and oxygen atoms in total. The van der Waals surface area contributed by atoms with E-state index in [0.29, 0.717) is 6.54 Å². The average molecular weight is 411 g/mol. The molecule has 3 aromatic heterocycles. The molecule has 0 aliphatic carbocycles. The molecule has 5 heterocycles. The third kappa shape index (κ3) is 3.24. The molecule has 150 valence electrons. The first-order valence-corrected chi connectivity index (χ1v) is 10.7. The van der Waals surface area contributed by atoms with Crippen molar-refractivity contribution in [2.75, 3.05) is 13.1 Å². The van der Waals surface area contributed by atoms with Gasteiger partial charge in [0, 0.05) is 42.8 Å². The van der Waals surface area contributed by atoms with Gasteiger partial charge >= 0.3 is 11.1 Å². The zero-order valence-electron chi connectivity index (χ0n) is 16.2. The summed E-state index contributed by atoms with van der Waals surface area (Å²) in [5.41, 5.74) is 0.737. The first kappa shape index (κ1) is 18.4. The minimum absolute atomic E-state index is 0.172. The molecule has 1 atom stereocenters. The number of nitrogens with zero attached hydrogens (tertiary/aromatic N) is 6. The van der Waals surface area contributed by atoms with Crippen molar-refractivity contribution in [3.8, 4) is 0 Å². The molecule has 0 N–H and O–H groups in total. The Balaban J connectivity index is 1.46. The number of rotatable bonds is 4. The number of pyridine rings is 1. The largest absolute Gasteiger partial charge is 0.332 e. The molecule has 1 spiro atoms. The van der Waals surface area contributed by atoms with Crippen molar-refractivity contribution in [2.45, 2.75) is 44.8 Å². The van der Waals surface area contributed by atoms with Gasteiger partial charge in [0.25, 0.3) is 0 Å². The zero-order chi connectivity index (χ0) is 20.0. The number of hydrogen-bond donors (Lipinski definition) is 0. The average Bonchev–Trinajstić information content (AvgIpc) is 3.41. The number of fused-ring (bicyclic) bond motifs is 2. The first-order valence-electron chi connectivity index (χ1n) is 9.79. The highest BCUT2D eigenvalue weighted by Crippen LogP contribution is 2.40. The van der Waals surface area contributed by atoms with E-state index in [9.17, 15) is 9.59 Å². The van der Waals surface area contributed by atoms with E-state index in [4.69, 9.17) is 0 Å². The van der Waals surface area contributed by atoms with Gasteiger partial charge in [-0.3, -0.25) is 24.0 Å². The van der Waals surface area contributed by atoms with Crippen molar-refractivity contribution >= 4 is 11.3 Å². The number of likely N-dealkylation sites (tertiary alicyclic amines) is 1. The SMILES string of the molecule is Cc1nc(Cn2nc3n(c(=O)c2=O)CC[C@@]32CCN(Cc3cccnc3)C2)cs1. The molecule has 2 aliphatic rings. The van der Waals surface area contributed by atoms with Gasteiger partial charge in [-0.2, -0.15) is 5.10 Å². The van der Waals surface area contributed by atoms with Crippen LogP contribution in [0.25, 0.3) is 0 Å². The number of hydrogen-bond acceptors (Lipinski definition) is 7. The van der Waals surface area contributed by atoms with E-state index in [-0.39, 0.29) is 12.0 Å². The highest BCUT2D eigenvalue weighted by Gasteiger charge is 2.47. The highest BCUT2D eigenvalue weighted by molar-refractivity contribution is 7.09. The molecule has 0 amide bonds. The Bertz CT molecular complexity index is 1170. The van der Waals surface area contributed by atoms with Crippen LogP contribution in [0.2, 0.25) is 0 Å². The molecular formula is C20H22N6O2S. The van der Waals surface area contributed by atoms with Crippen LogP contribution in [0.3, 0.4) is 0 Å². The van der Waals surface area contributed by atoms with Crippen molar-refractivity contribution < 1.29 is 0 Å². The Hall–Kier alpha value is -2.65. The summed E-state index contributed by atoms with van der Waals surface area (Å²) in [6.07, 6.45) is 5.46. The molecule has 0 bridgehead atoms. The van der Waals surface area contributed by atoms with Crippen molar-refractivity contribution in [1.82, 2.24) is 29.2 Å². The van der Waals surface area contributed by atoms with Crippen LogP contribution in [0, 0.1) is 6.92 Å². The fraction of sp³-hybridized carbons (Fsp3) is 0.450. The van der Waals surface area contributed by atoms with E-state index < -0.39 is 11.1 Å². The van der Waals surface area contributed by atoms with Crippen molar-refractivity contribution in [2.24, 2.45) is 0 Å². The summed E-state index contributed by atoms with van der Waals surface area (Å²) < 4.78 is 2.90. The van der Waals surface area contributed by atoms with E-state index in [2.05, 4.69) is 26.0 Å². The summed E-state index contributed by atoms with van der Waals surface area (Å²) in [5.74, 6) is 0.753. The summed E-state index contributed by atoms with van der Waals surface area (Å²) in [7, 11) is 0. The predicted octanol–water partition coefficient (Wildman–Crippen LogP) is 1.16. The second kappa shape index (κ2) is 7.00. The Morgan fingerprint density at radius 3 is 2.79 bits per heavy atom. The molecular weight excluding hydrogens is 388 g/mol. The van der Waals surface area contributed by atoms with Crippen molar-refractivity contribution in [3.05, 3.63) is 72.7 Å². The lowest BCUT2D eigenvalue weighted by Crippen LogP contribution is -2.45. The summed E-state index contributed by atoms with van der Waals surface area (Å²) >= 11 is 1.53. The van der Waals surface area contributed by atoms with Gasteiger partial charge in [0.2, 0.25) is 0 Å². The van der Waals surface area contributed by atoms with Gasteiger partial charge in [-0.15, -0.1) is 11.3 Å². The van der Waals surface area contributed by atoms with Gasteiger partial charge in [-0.05, 0) is 37.9 Å². The van der Waals surface area contributed by atoms with Crippen molar-refractivity contribution in [1.29, 1.82) is 0 Å². The Morgan fingerprint density at radius 1 is 1.17 bits per heavy atom. The maximum absolute atomic E-state index is 12.7. The Labute approximate surface area is 171 Å². The topological polar surface area (TPSA) is 85.9 Å². The minimum Gasteiger partial charge on any atom is -0.298 e. The summed E-state index contributed by atoms with van der Waals surface area (Å²) in [6, 6.07) is 4.03. The van der Waals surface area contributed by atoms with Crippen LogP contribution in [0.1, 0.15) is 34.9 Å². The number of thiazole rings is 1. The quantitative estimate of drug-likeness (QED) is 0.600. The molecule has 1 saturated heterocycles. The molecule has 29 heavy (non-hydrogen) atoms. The van der Waals surface area contributed by atoms with E-state index in [1.165, 1.54) is 21.6 Å². The van der Waals surface area contributed by atoms with Gasteiger partial charge in [-0.1, -0.05) is 6.07 Å². The molecule has 0 aromatic carbocycles. The van der Waals surface area contributed by atoms with Gasteiger partial charge in [0.05, 0.1) is 17.2 Å². The number of aromatic nitrogens is 5. The fourth-order valence-electron chi connectivity index (χ4n) is 4.54. The molecule has 0 radical (unpaired) electrons. The zero-order valence-corrected chi connectivity index (χ0v) is 17.1. The van der Waals surface area contributed by atoms with Gasteiger partial charge in [0.1, 0.15) is 5.82 Å². The summed E-state index contributed by atoms with van der Waals surface area (Å²) in [5, 5.41) is 7.53. The maximum atomic E-state index is 12.7. The van der Waals surface area contributed by atoms with Crippen LogP contribution in [0.4, 0.5) is 0 Å². The summed E-state index contributed by atoms with van der Waals surface area (Å²) in [4.78, 5) is 36.3. The first-order chi connectivity index (χ1) is 14.0. The van der Waals surface area contributed by atoms with Crippen LogP contribution in [0.5, 0.6) is 0 Å². The van der Waals surface area contributed by atoms with E-state index in [0.717, 1.165) is 49.0 Å². The Morgan fingerprint density at radius 2 is 2.03 bits per heavy atom. The lowest BCUT2D eigenvalue weighted by atomic mass is 9.85. The molecule has 0 unspecified atom stereocenters. The Kier molecular flexibility index (Phi) is 4.44.